The molecule has 4 nitrogen and oxygen atoms in total. The van der Waals surface area contributed by atoms with Gasteiger partial charge in [-0.15, -0.1) is 0 Å². The average molecular weight is 284 g/mol. The number of benzene rings is 1. The topological polar surface area (TPSA) is 42.3 Å². The molecule has 4 heteroatoms. The molecule has 1 aliphatic carbocycles. The lowest BCUT2D eigenvalue weighted by molar-refractivity contribution is 0.371. The number of rotatable bonds is 5. The molecule has 2 aliphatic rings. The van der Waals surface area contributed by atoms with Crippen molar-refractivity contribution in [3.8, 4) is 6.07 Å². The molecule has 3 rings (SSSR count). The number of nitriles is 1. The normalized spacial score (nSPS) is 20.6. The summed E-state index contributed by atoms with van der Waals surface area (Å²) in [5.41, 5.74) is 2.13. The Kier molecular flexibility index (Phi) is 3.77. The molecule has 1 aliphatic heterocycles. The Hall–Kier alpha value is -1.73. The molecule has 21 heavy (non-hydrogen) atoms. The molecule has 1 saturated carbocycles. The lowest BCUT2D eigenvalue weighted by atomic mass is 9.93. The first-order valence-electron chi connectivity index (χ1n) is 7.91. The Morgan fingerprint density at radius 2 is 2.00 bits per heavy atom. The summed E-state index contributed by atoms with van der Waals surface area (Å²) in [5, 5.41) is 13.3. The minimum Gasteiger partial charge on any atom is -0.371 e. The molecule has 0 aromatic heterocycles. The van der Waals surface area contributed by atoms with Gasteiger partial charge in [0.15, 0.2) is 0 Å². The monoisotopic (exact) mass is 284 g/mol. The van der Waals surface area contributed by atoms with Crippen LogP contribution in [-0.4, -0.2) is 38.8 Å². The van der Waals surface area contributed by atoms with E-state index in [2.05, 4.69) is 59.4 Å². The highest BCUT2D eigenvalue weighted by molar-refractivity contribution is 5.73. The SMILES string of the molecule is CCNC(C#N)(CN1CCN(C)c2ccccc21)C1CC1. The number of hydrogen-bond acceptors (Lipinski definition) is 4. The van der Waals surface area contributed by atoms with Crippen LogP contribution in [-0.2, 0) is 0 Å². The summed E-state index contributed by atoms with van der Waals surface area (Å²) in [6.07, 6.45) is 2.35. The van der Waals surface area contributed by atoms with Crippen molar-refractivity contribution in [3.63, 3.8) is 0 Å². The van der Waals surface area contributed by atoms with E-state index in [1.165, 1.54) is 24.2 Å². The Bertz CT molecular complexity index is 546. The molecule has 1 atom stereocenters. The van der Waals surface area contributed by atoms with Crippen molar-refractivity contribution in [2.24, 2.45) is 5.92 Å². The van der Waals surface area contributed by atoms with Crippen LogP contribution in [0.3, 0.4) is 0 Å². The van der Waals surface area contributed by atoms with Crippen LogP contribution in [0.25, 0.3) is 0 Å². The number of likely N-dealkylation sites (N-methyl/N-ethyl adjacent to an activating group) is 2. The van der Waals surface area contributed by atoms with Crippen molar-refractivity contribution in [2.75, 3.05) is 43.0 Å². The van der Waals surface area contributed by atoms with E-state index in [1.54, 1.807) is 0 Å². The minimum absolute atomic E-state index is 0.391. The van der Waals surface area contributed by atoms with Crippen LogP contribution in [0.1, 0.15) is 19.8 Å². The first kappa shape index (κ1) is 14.2. The third-order valence-corrected chi connectivity index (χ3v) is 4.75. The molecule has 0 radical (unpaired) electrons. The molecule has 0 bridgehead atoms. The summed E-state index contributed by atoms with van der Waals surface area (Å²) in [6.45, 7) is 5.71. The fourth-order valence-electron chi connectivity index (χ4n) is 3.42. The molecule has 0 amide bonds. The van der Waals surface area contributed by atoms with Crippen LogP contribution in [0.15, 0.2) is 24.3 Å². The van der Waals surface area contributed by atoms with E-state index < -0.39 is 5.54 Å². The van der Waals surface area contributed by atoms with Gasteiger partial charge in [0.25, 0.3) is 0 Å². The number of anilines is 2. The van der Waals surface area contributed by atoms with E-state index in [0.717, 1.165) is 26.2 Å². The van der Waals surface area contributed by atoms with E-state index in [9.17, 15) is 5.26 Å². The van der Waals surface area contributed by atoms with Crippen LogP contribution in [0.4, 0.5) is 11.4 Å². The van der Waals surface area contributed by atoms with Gasteiger partial charge in [0.05, 0.1) is 17.4 Å². The van der Waals surface area contributed by atoms with Gasteiger partial charge in [-0.25, -0.2) is 0 Å². The maximum Gasteiger partial charge on any atom is 0.127 e. The highest BCUT2D eigenvalue weighted by Crippen LogP contribution is 2.41. The van der Waals surface area contributed by atoms with Gasteiger partial charge < -0.3 is 9.80 Å². The zero-order valence-electron chi connectivity index (χ0n) is 13.0. The predicted octanol–water partition coefficient (Wildman–Crippen LogP) is 2.22. The van der Waals surface area contributed by atoms with Crippen LogP contribution in [0.5, 0.6) is 0 Å². The molecular weight excluding hydrogens is 260 g/mol. The second-order valence-electron chi connectivity index (χ2n) is 6.22. The predicted molar refractivity (Wildman–Crippen MR) is 86.7 cm³/mol. The number of hydrogen-bond donors (Lipinski definition) is 1. The highest BCUT2D eigenvalue weighted by atomic mass is 15.3. The summed E-state index contributed by atoms with van der Waals surface area (Å²) < 4.78 is 0. The molecule has 1 fully saturated rings. The molecule has 1 heterocycles. The van der Waals surface area contributed by atoms with Crippen LogP contribution >= 0.6 is 0 Å². The van der Waals surface area contributed by atoms with Crippen molar-refractivity contribution >= 4 is 11.4 Å². The Morgan fingerprint density at radius 3 is 2.62 bits per heavy atom. The standard InChI is InChI=1S/C17H24N4/c1-3-19-17(12-18,14-8-9-14)13-21-11-10-20(2)15-6-4-5-7-16(15)21/h4-7,14,19H,3,8-11,13H2,1-2H3. The minimum atomic E-state index is -0.391. The first-order chi connectivity index (χ1) is 10.2. The smallest absolute Gasteiger partial charge is 0.127 e. The molecular formula is C17H24N4. The number of nitrogens with zero attached hydrogens (tertiary/aromatic N) is 3. The summed E-state index contributed by atoms with van der Waals surface area (Å²) in [4.78, 5) is 4.68. The maximum absolute atomic E-state index is 9.80. The van der Waals surface area contributed by atoms with Crippen molar-refractivity contribution < 1.29 is 0 Å². The molecule has 1 aromatic rings. The van der Waals surface area contributed by atoms with E-state index in [-0.39, 0.29) is 0 Å². The number of fused-ring (bicyclic) bond motifs is 1. The zero-order valence-corrected chi connectivity index (χ0v) is 13.0. The molecule has 1 N–H and O–H groups in total. The Morgan fingerprint density at radius 1 is 1.29 bits per heavy atom. The average Bonchev–Trinajstić information content (AvgIpc) is 3.35. The largest absolute Gasteiger partial charge is 0.371 e. The van der Waals surface area contributed by atoms with Gasteiger partial charge >= 0.3 is 0 Å². The van der Waals surface area contributed by atoms with Gasteiger partial charge in [0.1, 0.15) is 5.54 Å². The summed E-state index contributed by atoms with van der Waals surface area (Å²) in [7, 11) is 2.14. The zero-order chi connectivity index (χ0) is 14.9. The summed E-state index contributed by atoms with van der Waals surface area (Å²) in [6, 6.07) is 11.1. The van der Waals surface area contributed by atoms with Crippen LogP contribution in [0, 0.1) is 17.2 Å². The van der Waals surface area contributed by atoms with Crippen molar-refractivity contribution in [1.29, 1.82) is 5.26 Å². The molecule has 0 saturated heterocycles. The molecule has 1 aromatic carbocycles. The molecule has 112 valence electrons. The van der Waals surface area contributed by atoms with Crippen molar-refractivity contribution in [1.82, 2.24) is 5.32 Å². The summed E-state index contributed by atoms with van der Waals surface area (Å²) >= 11 is 0. The van der Waals surface area contributed by atoms with Gasteiger partial charge in [-0.05, 0) is 37.4 Å². The van der Waals surface area contributed by atoms with Gasteiger partial charge in [0, 0.05) is 26.7 Å². The third kappa shape index (κ3) is 2.58. The van der Waals surface area contributed by atoms with E-state index in [1.807, 2.05) is 0 Å². The van der Waals surface area contributed by atoms with Gasteiger partial charge in [-0.1, -0.05) is 19.1 Å². The highest BCUT2D eigenvalue weighted by Gasteiger charge is 2.46. The van der Waals surface area contributed by atoms with Gasteiger partial charge in [-0.3, -0.25) is 5.32 Å². The van der Waals surface area contributed by atoms with Gasteiger partial charge in [-0.2, -0.15) is 5.26 Å². The molecule has 0 spiro atoms. The number of nitrogens with one attached hydrogen (secondary N) is 1. The third-order valence-electron chi connectivity index (χ3n) is 4.75. The van der Waals surface area contributed by atoms with Crippen LogP contribution in [0.2, 0.25) is 0 Å². The fraction of sp³-hybridized carbons (Fsp3) is 0.588. The van der Waals surface area contributed by atoms with Crippen LogP contribution < -0.4 is 15.1 Å². The first-order valence-corrected chi connectivity index (χ1v) is 7.91. The lowest BCUT2D eigenvalue weighted by Gasteiger charge is -2.41. The number of para-hydroxylation sites is 2. The second-order valence-corrected chi connectivity index (χ2v) is 6.22. The van der Waals surface area contributed by atoms with Crippen molar-refractivity contribution in [2.45, 2.75) is 25.3 Å². The summed E-state index contributed by atoms with van der Waals surface area (Å²) in [5.74, 6) is 0.509. The fourth-order valence-corrected chi connectivity index (χ4v) is 3.42. The molecule has 1 unspecified atom stereocenters. The van der Waals surface area contributed by atoms with Gasteiger partial charge in [0.2, 0.25) is 0 Å². The Labute approximate surface area is 127 Å². The van der Waals surface area contributed by atoms with E-state index in [0.29, 0.717) is 5.92 Å². The van der Waals surface area contributed by atoms with E-state index >= 15 is 0 Å². The maximum atomic E-state index is 9.80. The second kappa shape index (κ2) is 5.57. The lowest BCUT2D eigenvalue weighted by Crippen LogP contribution is -2.56. The Balaban J connectivity index is 1.87. The van der Waals surface area contributed by atoms with Crippen molar-refractivity contribution in [3.05, 3.63) is 24.3 Å². The van der Waals surface area contributed by atoms with E-state index in [4.69, 9.17) is 0 Å². The quantitative estimate of drug-likeness (QED) is 0.900.